The lowest BCUT2D eigenvalue weighted by Gasteiger charge is -2.15. The van der Waals surface area contributed by atoms with Gasteiger partial charge in [0.1, 0.15) is 18.5 Å². The highest BCUT2D eigenvalue weighted by atomic mass is 32.2. The first kappa shape index (κ1) is 18.5. The Balaban J connectivity index is 1.96. The number of aliphatic hydroxyl groups excluding tert-OH is 1. The second kappa shape index (κ2) is 7.81. The number of aliphatic hydroxyl groups is 1. The number of ether oxygens (including phenoxy) is 1. The van der Waals surface area contributed by atoms with Gasteiger partial charge in [0.25, 0.3) is 0 Å². The molecule has 2 rings (SSSR count). The largest absolute Gasteiger partial charge is 0.491 e. The zero-order valence-electron chi connectivity index (χ0n) is 14.3. The zero-order chi connectivity index (χ0) is 17.7. The monoisotopic (exact) mass is 348 g/mol. The van der Waals surface area contributed by atoms with E-state index in [1.165, 1.54) is 0 Å². The molecule has 2 aromatic carbocycles. The van der Waals surface area contributed by atoms with Crippen molar-refractivity contribution in [3.63, 3.8) is 0 Å². The van der Waals surface area contributed by atoms with Crippen LogP contribution in [0.5, 0.6) is 5.75 Å². The maximum Gasteiger partial charge on any atom is 0.157 e. The van der Waals surface area contributed by atoms with Gasteiger partial charge < -0.3 is 9.84 Å². The van der Waals surface area contributed by atoms with Crippen LogP contribution in [0.4, 0.5) is 0 Å². The van der Waals surface area contributed by atoms with Crippen molar-refractivity contribution in [2.24, 2.45) is 0 Å². The SMILES string of the molecule is Cc1cccc(OCC(O)CS(=O)(=O)Cc2c(C)cccc2C)c1. The summed E-state index contributed by atoms with van der Waals surface area (Å²) >= 11 is 0. The van der Waals surface area contributed by atoms with Crippen LogP contribution in [0.25, 0.3) is 0 Å². The molecule has 1 atom stereocenters. The Morgan fingerprint density at radius 2 is 1.67 bits per heavy atom. The number of hydrogen-bond donors (Lipinski definition) is 1. The van der Waals surface area contributed by atoms with Crippen LogP contribution in [-0.2, 0) is 15.6 Å². The maximum atomic E-state index is 12.4. The smallest absolute Gasteiger partial charge is 0.157 e. The van der Waals surface area contributed by atoms with E-state index in [4.69, 9.17) is 4.74 Å². The van der Waals surface area contributed by atoms with Crippen LogP contribution in [0.15, 0.2) is 42.5 Å². The molecule has 24 heavy (non-hydrogen) atoms. The summed E-state index contributed by atoms with van der Waals surface area (Å²) in [6, 6.07) is 13.1. The average Bonchev–Trinajstić information content (AvgIpc) is 2.49. The fraction of sp³-hybridized carbons (Fsp3) is 0.368. The number of hydrogen-bond acceptors (Lipinski definition) is 4. The minimum absolute atomic E-state index is 0.0462. The zero-order valence-corrected chi connectivity index (χ0v) is 15.1. The Kier molecular flexibility index (Phi) is 6.02. The van der Waals surface area contributed by atoms with E-state index in [0.29, 0.717) is 5.75 Å². The van der Waals surface area contributed by atoms with Crippen LogP contribution in [0, 0.1) is 20.8 Å². The Bertz CT molecular complexity index is 777. The predicted molar refractivity (Wildman–Crippen MR) is 96.1 cm³/mol. The lowest BCUT2D eigenvalue weighted by molar-refractivity contribution is 0.125. The summed E-state index contributed by atoms with van der Waals surface area (Å²) < 4.78 is 30.2. The number of aryl methyl sites for hydroxylation is 3. The first-order valence-corrected chi connectivity index (χ1v) is 9.72. The summed E-state index contributed by atoms with van der Waals surface area (Å²) in [6.45, 7) is 5.69. The number of rotatable bonds is 7. The first-order valence-electron chi connectivity index (χ1n) is 7.90. The molecule has 2 aromatic rings. The standard InChI is InChI=1S/C19H24O4S/c1-14-6-4-9-18(10-14)23-11-17(20)12-24(21,22)13-19-15(2)7-5-8-16(19)3/h4-10,17,20H,11-13H2,1-3H3. The Morgan fingerprint density at radius 3 is 2.29 bits per heavy atom. The van der Waals surface area contributed by atoms with E-state index < -0.39 is 15.9 Å². The molecular weight excluding hydrogens is 324 g/mol. The second-order valence-electron chi connectivity index (χ2n) is 6.21. The summed E-state index contributed by atoms with van der Waals surface area (Å²) in [5.74, 6) is 0.251. The molecule has 5 heteroatoms. The molecule has 0 fully saturated rings. The molecule has 0 heterocycles. The van der Waals surface area contributed by atoms with Crippen molar-refractivity contribution in [1.82, 2.24) is 0 Å². The molecule has 0 bridgehead atoms. The van der Waals surface area contributed by atoms with E-state index >= 15 is 0 Å². The van der Waals surface area contributed by atoms with Gasteiger partial charge in [0, 0.05) is 0 Å². The van der Waals surface area contributed by atoms with Gasteiger partial charge in [-0.25, -0.2) is 8.42 Å². The Morgan fingerprint density at radius 1 is 1.04 bits per heavy atom. The van der Waals surface area contributed by atoms with Crippen LogP contribution in [0.1, 0.15) is 22.3 Å². The Hall–Kier alpha value is -1.85. The van der Waals surface area contributed by atoms with E-state index in [1.807, 2.05) is 57.2 Å². The third-order valence-corrected chi connectivity index (χ3v) is 5.51. The molecule has 0 amide bonds. The van der Waals surface area contributed by atoms with Crippen LogP contribution >= 0.6 is 0 Å². The van der Waals surface area contributed by atoms with Crippen LogP contribution in [0.2, 0.25) is 0 Å². The highest BCUT2D eigenvalue weighted by Gasteiger charge is 2.20. The minimum Gasteiger partial charge on any atom is -0.491 e. The van der Waals surface area contributed by atoms with Gasteiger partial charge in [0.2, 0.25) is 0 Å². The van der Waals surface area contributed by atoms with Crippen LogP contribution in [-0.4, -0.2) is 32.0 Å². The highest BCUT2D eigenvalue weighted by molar-refractivity contribution is 7.90. The van der Waals surface area contributed by atoms with Gasteiger partial charge in [-0.2, -0.15) is 0 Å². The van der Waals surface area contributed by atoms with E-state index in [9.17, 15) is 13.5 Å². The summed E-state index contributed by atoms with van der Waals surface area (Å²) in [4.78, 5) is 0. The van der Waals surface area contributed by atoms with Gasteiger partial charge >= 0.3 is 0 Å². The molecule has 0 aliphatic carbocycles. The molecule has 130 valence electrons. The van der Waals surface area contributed by atoms with Gasteiger partial charge in [-0.05, 0) is 55.2 Å². The van der Waals surface area contributed by atoms with E-state index in [2.05, 4.69) is 0 Å². The van der Waals surface area contributed by atoms with Crippen molar-refractivity contribution in [3.8, 4) is 5.75 Å². The normalized spacial score (nSPS) is 12.8. The number of sulfone groups is 1. The third kappa shape index (κ3) is 5.35. The second-order valence-corrected chi connectivity index (χ2v) is 8.32. The molecule has 0 aromatic heterocycles. The lowest BCUT2D eigenvalue weighted by Crippen LogP contribution is -2.28. The fourth-order valence-electron chi connectivity index (χ4n) is 2.59. The van der Waals surface area contributed by atoms with E-state index in [-0.39, 0.29) is 18.1 Å². The fourth-order valence-corrected chi connectivity index (χ4v) is 4.29. The molecule has 0 aliphatic heterocycles. The molecule has 0 saturated heterocycles. The first-order chi connectivity index (χ1) is 11.3. The molecule has 4 nitrogen and oxygen atoms in total. The summed E-state index contributed by atoms with van der Waals surface area (Å²) in [5, 5.41) is 10.0. The van der Waals surface area contributed by atoms with Crippen molar-refractivity contribution in [2.45, 2.75) is 32.6 Å². The van der Waals surface area contributed by atoms with Crippen molar-refractivity contribution in [3.05, 3.63) is 64.7 Å². The van der Waals surface area contributed by atoms with Crippen molar-refractivity contribution >= 4 is 9.84 Å². The predicted octanol–water partition coefficient (Wildman–Crippen LogP) is 2.97. The molecule has 1 unspecified atom stereocenters. The molecule has 0 radical (unpaired) electrons. The van der Waals surface area contributed by atoms with Gasteiger partial charge in [0.05, 0.1) is 11.5 Å². The molecule has 1 N–H and O–H groups in total. The van der Waals surface area contributed by atoms with Gasteiger partial charge in [-0.3, -0.25) is 0 Å². The quantitative estimate of drug-likeness (QED) is 0.835. The average molecular weight is 348 g/mol. The molecule has 0 saturated carbocycles. The van der Waals surface area contributed by atoms with E-state index in [1.54, 1.807) is 6.07 Å². The van der Waals surface area contributed by atoms with Gasteiger partial charge in [-0.15, -0.1) is 0 Å². The minimum atomic E-state index is -3.42. The van der Waals surface area contributed by atoms with E-state index in [0.717, 1.165) is 22.3 Å². The van der Waals surface area contributed by atoms with Gasteiger partial charge in [-0.1, -0.05) is 30.3 Å². The van der Waals surface area contributed by atoms with Crippen molar-refractivity contribution in [1.29, 1.82) is 0 Å². The van der Waals surface area contributed by atoms with Crippen LogP contribution in [0.3, 0.4) is 0 Å². The van der Waals surface area contributed by atoms with Crippen molar-refractivity contribution < 1.29 is 18.3 Å². The number of benzene rings is 2. The van der Waals surface area contributed by atoms with Crippen molar-refractivity contribution in [2.75, 3.05) is 12.4 Å². The molecule has 0 spiro atoms. The summed E-state index contributed by atoms with van der Waals surface area (Å²) in [7, 11) is -3.42. The van der Waals surface area contributed by atoms with Gasteiger partial charge in [0.15, 0.2) is 9.84 Å². The van der Waals surface area contributed by atoms with Crippen LogP contribution < -0.4 is 4.74 Å². The molecular formula is C19H24O4S. The Labute approximate surface area is 144 Å². The lowest BCUT2D eigenvalue weighted by atomic mass is 10.1. The highest BCUT2D eigenvalue weighted by Crippen LogP contribution is 2.18. The summed E-state index contributed by atoms with van der Waals surface area (Å²) in [5.41, 5.74) is 3.75. The topological polar surface area (TPSA) is 63.6 Å². The third-order valence-electron chi connectivity index (χ3n) is 3.89. The maximum absolute atomic E-state index is 12.4. The molecule has 0 aliphatic rings. The summed E-state index contributed by atoms with van der Waals surface area (Å²) in [6.07, 6.45) is -1.06.